The van der Waals surface area contributed by atoms with Gasteiger partial charge in [0.15, 0.2) is 5.82 Å². The van der Waals surface area contributed by atoms with Gasteiger partial charge in [-0.1, -0.05) is 5.16 Å². The molecule has 3 atom stereocenters. The monoisotopic (exact) mass is 328 g/mol. The van der Waals surface area contributed by atoms with Gasteiger partial charge in [0.05, 0.1) is 11.7 Å². The van der Waals surface area contributed by atoms with Crippen LogP contribution >= 0.6 is 0 Å². The Labute approximate surface area is 140 Å². The van der Waals surface area contributed by atoms with E-state index in [1.165, 1.54) is 0 Å². The maximum Gasteiger partial charge on any atom is 0.255 e. The minimum Gasteiger partial charge on any atom is -0.365 e. The molecule has 0 aromatic carbocycles. The summed E-state index contributed by atoms with van der Waals surface area (Å²) in [5, 5.41) is 3.83. The predicted molar refractivity (Wildman–Crippen MR) is 84.3 cm³/mol. The van der Waals surface area contributed by atoms with E-state index in [1.807, 2.05) is 17.9 Å². The Bertz CT molecular complexity index is 760. The molecule has 0 saturated carbocycles. The molecule has 2 aromatic heterocycles. The van der Waals surface area contributed by atoms with Crippen molar-refractivity contribution in [3.05, 3.63) is 41.3 Å². The average molecular weight is 328 g/mol. The number of nitrogens with zero attached hydrogens (tertiary/aromatic N) is 4. The predicted octanol–water partition coefficient (Wildman–Crippen LogP) is 2.07. The van der Waals surface area contributed by atoms with E-state index < -0.39 is 0 Å². The molecule has 4 heterocycles. The lowest BCUT2D eigenvalue weighted by Crippen LogP contribution is -2.44. The van der Waals surface area contributed by atoms with Gasteiger partial charge in [0, 0.05) is 31.4 Å². The van der Waals surface area contributed by atoms with Crippen molar-refractivity contribution >= 4 is 5.91 Å². The van der Waals surface area contributed by atoms with Crippen LogP contribution in [-0.2, 0) is 4.74 Å². The van der Waals surface area contributed by atoms with Gasteiger partial charge in [0.25, 0.3) is 11.8 Å². The van der Waals surface area contributed by atoms with Gasteiger partial charge < -0.3 is 14.2 Å². The van der Waals surface area contributed by atoms with E-state index in [4.69, 9.17) is 9.26 Å². The highest BCUT2D eigenvalue weighted by Gasteiger charge is 2.42. The third-order valence-corrected chi connectivity index (χ3v) is 4.75. The molecule has 0 spiro atoms. The zero-order chi connectivity index (χ0) is 16.7. The molecule has 0 bridgehead atoms. The maximum absolute atomic E-state index is 12.7. The summed E-state index contributed by atoms with van der Waals surface area (Å²) in [6.07, 6.45) is 5.03. The van der Waals surface area contributed by atoms with Crippen LogP contribution in [0.15, 0.2) is 23.0 Å². The van der Waals surface area contributed by atoms with Gasteiger partial charge >= 0.3 is 0 Å². The molecule has 0 unspecified atom stereocenters. The van der Waals surface area contributed by atoms with Crippen molar-refractivity contribution in [2.75, 3.05) is 13.1 Å². The van der Waals surface area contributed by atoms with Gasteiger partial charge in [-0.15, -0.1) is 0 Å². The van der Waals surface area contributed by atoms with E-state index in [1.54, 1.807) is 19.3 Å². The molecule has 2 saturated heterocycles. The summed E-state index contributed by atoms with van der Waals surface area (Å²) in [5.74, 6) is 1.51. The van der Waals surface area contributed by atoms with Crippen LogP contribution < -0.4 is 0 Å². The summed E-state index contributed by atoms with van der Waals surface area (Å²) >= 11 is 0. The van der Waals surface area contributed by atoms with Gasteiger partial charge in [0.2, 0.25) is 0 Å². The fourth-order valence-corrected chi connectivity index (χ4v) is 3.60. The molecule has 0 aliphatic carbocycles. The highest BCUT2D eigenvalue weighted by molar-refractivity contribution is 5.94. The van der Waals surface area contributed by atoms with Crippen LogP contribution in [0, 0.1) is 19.8 Å². The maximum atomic E-state index is 12.7. The first-order valence-electron chi connectivity index (χ1n) is 8.27. The molecule has 24 heavy (non-hydrogen) atoms. The Morgan fingerprint density at radius 1 is 1.33 bits per heavy atom. The normalized spacial score (nSPS) is 26.4. The fraction of sp³-hybridized carbons (Fsp3) is 0.529. The summed E-state index contributed by atoms with van der Waals surface area (Å²) in [6, 6.07) is 1.89. The summed E-state index contributed by atoms with van der Waals surface area (Å²) < 4.78 is 11.3. The van der Waals surface area contributed by atoms with Crippen molar-refractivity contribution in [1.29, 1.82) is 0 Å². The number of amides is 1. The number of hydrogen-bond acceptors (Lipinski definition) is 6. The molecule has 7 heteroatoms. The molecule has 4 rings (SSSR count). The zero-order valence-corrected chi connectivity index (χ0v) is 13.8. The van der Waals surface area contributed by atoms with Crippen molar-refractivity contribution in [3.8, 4) is 0 Å². The second kappa shape index (κ2) is 5.98. The Morgan fingerprint density at radius 3 is 2.96 bits per heavy atom. The number of carbonyl (C=O) groups excluding carboxylic acids is 1. The number of rotatable bonds is 2. The van der Waals surface area contributed by atoms with Crippen molar-refractivity contribution in [2.24, 2.45) is 5.92 Å². The van der Waals surface area contributed by atoms with Crippen molar-refractivity contribution in [1.82, 2.24) is 20.0 Å². The van der Waals surface area contributed by atoms with Crippen LogP contribution in [0.3, 0.4) is 0 Å². The standard InChI is InChI=1S/C17H20N4O3/c1-10-5-12(8-18-7-10)17(22)21-4-3-14-13(9-21)6-15(23-14)16-19-11(2)20-24-16/h5,7-8,13-15H,3-4,6,9H2,1-2H3/t13-,14-,15+/m0/s1. The molecule has 0 N–H and O–H groups in total. The molecule has 2 fully saturated rings. The number of carbonyl (C=O) groups is 1. The van der Waals surface area contributed by atoms with E-state index in [0.29, 0.717) is 36.3 Å². The third-order valence-electron chi connectivity index (χ3n) is 4.75. The first-order valence-corrected chi connectivity index (χ1v) is 8.27. The number of piperidine rings is 1. The van der Waals surface area contributed by atoms with E-state index in [-0.39, 0.29) is 18.1 Å². The van der Waals surface area contributed by atoms with Crippen LogP contribution in [0.2, 0.25) is 0 Å². The SMILES string of the molecule is Cc1cncc(C(=O)N2CC[C@@H]3O[C@@H](c4nc(C)no4)C[C@H]3C2)c1. The smallest absolute Gasteiger partial charge is 0.255 e. The van der Waals surface area contributed by atoms with Crippen molar-refractivity contribution in [2.45, 2.75) is 38.9 Å². The summed E-state index contributed by atoms with van der Waals surface area (Å²) in [7, 11) is 0. The van der Waals surface area contributed by atoms with Crippen LogP contribution in [-0.4, -0.2) is 45.1 Å². The summed E-state index contributed by atoms with van der Waals surface area (Å²) in [6.45, 7) is 5.13. The third kappa shape index (κ3) is 2.80. The number of ether oxygens (including phenoxy) is 1. The topological polar surface area (TPSA) is 81.4 Å². The minimum absolute atomic E-state index is 0.0433. The second-order valence-corrected chi connectivity index (χ2v) is 6.63. The van der Waals surface area contributed by atoms with Crippen LogP contribution in [0.4, 0.5) is 0 Å². The highest BCUT2D eigenvalue weighted by atomic mass is 16.5. The first kappa shape index (κ1) is 15.3. The lowest BCUT2D eigenvalue weighted by Gasteiger charge is -2.34. The lowest BCUT2D eigenvalue weighted by molar-refractivity contribution is -0.00777. The Kier molecular flexibility index (Phi) is 3.80. The van der Waals surface area contributed by atoms with Gasteiger partial charge in [-0.25, -0.2) is 0 Å². The Balaban J connectivity index is 1.45. The first-order chi connectivity index (χ1) is 11.6. The van der Waals surface area contributed by atoms with Crippen molar-refractivity contribution in [3.63, 3.8) is 0 Å². The second-order valence-electron chi connectivity index (χ2n) is 6.63. The molecule has 0 radical (unpaired) electrons. The summed E-state index contributed by atoms with van der Waals surface area (Å²) in [4.78, 5) is 23.0. The molecule has 126 valence electrons. The van der Waals surface area contributed by atoms with Crippen LogP contribution in [0.5, 0.6) is 0 Å². The largest absolute Gasteiger partial charge is 0.365 e. The molecule has 1 amide bonds. The number of likely N-dealkylation sites (tertiary alicyclic amines) is 1. The highest BCUT2D eigenvalue weighted by Crippen LogP contribution is 2.40. The molecular formula is C17H20N4O3. The van der Waals surface area contributed by atoms with E-state index >= 15 is 0 Å². The van der Waals surface area contributed by atoms with E-state index in [9.17, 15) is 4.79 Å². The number of fused-ring (bicyclic) bond motifs is 1. The fourth-order valence-electron chi connectivity index (χ4n) is 3.60. The molecule has 2 aromatic rings. The van der Waals surface area contributed by atoms with E-state index in [0.717, 1.165) is 18.4 Å². The summed E-state index contributed by atoms with van der Waals surface area (Å²) in [5.41, 5.74) is 1.64. The number of aromatic nitrogens is 3. The molecule has 7 nitrogen and oxygen atoms in total. The lowest BCUT2D eigenvalue weighted by atomic mass is 9.92. The van der Waals surface area contributed by atoms with E-state index in [2.05, 4.69) is 15.1 Å². The zero-order valence-electron chi connectivity index (χ0n) is 13.8. The number of aryl methyl sites for hydroxylation is 2. The number of hydrogen-bond donors (Lipinski definition) is 0. The van der Waals surface area contributed by atoms with Gasteiger partial charge in [-0.05, 0) is 38.3 Å². The van der Waals surface area contributed by atoms with Crippen LogP contribution in [0.1, 0.15) is 46.6 Å². The van der Waals surface area contributed by atoms with Gasteiger partial charge in [0.1, 0.15) is 6.10 Å². The Morgan fingerprint density at radius 2 is 2.21 bits per heavy atom. The Hall–Kier alpha value is -2.28. The van der Waals surface area contributed by atoms with Gasteiger partial charge in [-0.2, -0.15) is 4.98 Å². The molecular weight excluding hydrogens is 308 g/mol. The van der Waals surface area contributed by atoms with Crippen molar-refractivity contribution < 1.29 is 14.1 Å². The molecule has 2 aliphatic rings. The average Bonchev–Trinajstić information content (AvgIpc) is 3.19. The van der Waals surface area contributed by atoms with Gasteiger partial charge in [-0.3, -0.25) is 9.78 Å². The van der Waals surface area contributed by atoms with Crippen LogP contribution in [0.25, 0.3) is 0 Å². The molecule has 2 aliphatic heterocycles. The quantitative estimate of drug-likeness (QED) is 0.839. The number of pyridine rings is 1. The minimum atomic E-state index is -0.156.